The van der Waals surface area contributed by atoms with Crippen LogP contribution in [0, 0.1) is 12.7 Å². The van der Waals surface area contributed by atoms with Gasteiger partial charge >= 0.3 is 5.97 Å². The predicted molar refractivity (Wildman–Crippen MR) is 122 cm³/mol. The summed E-state index contributed by atoms with van der Waals surface area (Å²) in [7, 11) is -2.90. The third kappa shape index (κ3) is 4.62. The van der Waals surface area contributed by atoms with Crippen molar-refractivity contribution in [2.75, 3.05) is 18.4 Å². The number of esters is 1. The summed E-state index contributed by atoms with van der Waals surface area (Å²) >= 11 is 0.936. The highest BCUT2D eigenvalue weighted by atomic mass is 32.2. The molecule has 1 N–H and O–H groups in total. The van der Waals surface area contributed by atoms with Crippen LogP contribution >= 0.6 is 11.3 Å². The second kappa shape index (κ2) is 8.95. The number of amides is 1. The van der Waals surface area contributed by atoms with Gasteiger partial charge in [-0.1, -0.05) is 18.2 Å². The summed E-state index contributed by atoms with van der Waals surface area (Å²) in [6.45, 7) is 2.21. The van der Waals surface area contributed by atoms with Crippen molar-refractivity contribution in [3.05, 3.63) is 81.5 Å². The number of hydrogen-bond acceptors (Lipinski definition) is 6. The average molecular weight is 489 g/mol. The van der Waals surface area contributed by atoms with Crippen molar-refractivity contribution in [2.24, 2.45) is 0 Å². The zero-order valence-corrected chi connectivity index (χ0v) is 19.6. The van der Waals surface area contributed by atoms with Crippen LogP contribution in [0.5, 0.6) is 0 Å². The van der Waals surface area contributed by atoms with Gasteiger partial charge in [0, 0.05) is 22.7 Å². The minimum Gasteiger partial charge on any atom is -0.465 e. The lowest BCUT2D eigenvalue weighted by Gasteiger charge is -2.27. The summed E-state index contributed by atoms with van der Waals surface area (Å²) in [4.78, 5) is 27.5. The molecule has 0 unspecified atom stereocenters. The first-order chi connectivity index (χ1) is 15.7. The maximum absolute atomic E-state index is 13.6. The van der Waals surface area contributed by atoms with Crippen molar-refractivity contribution in [1.29, 1.82) is 0 Å². The van der Waals surface area contributed by atoms with Crippen LogP contribution in [0.15, 0.2) is 52.7 Å². The lowest BCUT2D eigenvalue weighted by Crippen LogP contribution is -2.35. The van der Waals surface area contributed by atoms with Crippen molar-refractivity contribution in [3.63, 3.8) is 0 Å². The number of anilines is 1. The van der Waals surface area contributed by atoms with Gasteiger partial charge in [-0.2, -0.15) is 0 Å². The second-order valence-electron chi connectivity index (χ2n) is 7.62. The predicted octanol–water partition coefficient (Wildman–Crippen LogP) is 3.98. The Balaban J connectivity index is 1.70. The van der Waals surface area contributed by atoms with Crippen molar-refractivity contribution >= 4 is 38.9 Å². The zero-order valence-electron chi connectivity index (χ0n) is 17.9. The molecule has 33 heavy (non-hydrogen) atoms. The fourth-order valence-electron chi connectivity index (χ4n) is 3.76. The lowest BCUT2D eigenvalue weighted by molar-refractivity contribution is 0.0595. The van der Waals surface area contributed by atoms with Crippen LogP contribution in [-0.4, -0.2) is 38.8 Å². The summed E-state index contributed by atoms with van der Waals surface area (Å²) in [5, 5.41) is 0. The first-order valence-corrected chi connectivity index (χ1v) is 12.4. The molecule has 0 saturated heterocycles. The Morgan fingerprint density at radius 2 is 1.91 bits per heavy atom. The lowest BCUT2D eigenvalue weighted by atomic mass is 10.0. The first-order valence-electron chi connectivity index (χ1n) is 10.1. The van der Waals surface area contributed by atoms with Gasteiger partial charge in [0.25, 0.3) is 15.9 Å². The molecule has 0 aliphatic carbocycles. The van der Waals surface area contributed by atoms with E-state index in [-0.39, 0.29) is 40.8 Å². The third-order valence-corrected chi connectivity index (χ3v) is 8.40. The second-order valence-corrected chi connectivity index (χ2v) is 10.6. The van der Waals surface area contributed by atoms with Gasteiger partial charge in [0.05, 0.1) is 19.2 Å². The van der Waals surface area contributed by atoms with E-state index in [0.29, 0.717) is 16.1 Å². The number of halogens is 1. The SMILES string of the molecule is COC(=O)c1c(S(=O)(=O)Nc2cccc(C)c2)sc2c1CCN(C(=O)c1cccc(F)c1)C2. The monoisotopic (exact) mass is 488 g/mol. The molecule has 0 fully saturated rings. The highest BCUT2D eigenvalue weighted by Gasteiger charge is 2.35. The normalized spacial score (nSPS) is 13.4. The molecule has 0 spiro atoms. The van der Waals surface area contributed by atoms with E-state index >= 15 is 0 Å². The molecule has 10 heteroatoms. The quantitative estimate of drug-likeness (QED) is 0.549. The van der Waals surface area contributed by atoms with Gasteiger partial charge < -0.3 is 9.64 Å². The fraction of sp³-hybridized carbons (Fsp3) is 0.217. The molecular formula is C23H21FN2O5S2. The number of sulfonamides is 1. The topological polar surface area (TPSA) is 92.8 Å². The number of carbonyl (C=O) groups excluding carboxylic acids is 2. The molecule has 172 valence electrons. The number of hydrogen-bond donors (Lipinski definition) is 1. The van der Waals surface area contributed by atoms with E-state index in [1.165, 1.54) is 30.2 Å². The molecule has 7 nitrogen and oxygen atoms in total. The Hall–Kier alpha value is -3.24. The van der Waals surface area contributed by atoms with Crippen LogP contribution in [-0.2, 0) is 27.7 Å². The number of carbonyl (C=O) groups is 2. The minimum atomic E-state index is -4.09. The summed E-state index contributed by atoms with van der Waals surface area (Å²) in [5.74, 6) is -1.63. The van der Waals surface area contributed by atoms with Crippen molar-refractivity contribution < 1.29 is 27.1 Å². The molecule has 1 aromatic heterocycles. The Labute approximate surface area is 194 Å². The van der Waals surface area contributed by atoms with E-state index in [1.807, 2.05) is 13.0 Å². The van der Waals surface area contributed by atoms with Crippen molar-refractivity contribution in [3.8, 4) is 0 Å². The van der Waals surface area contributed by atoms with E-state index < -0.39 is 21.8 Å². The standard InChI is InChI=1S/C23H21FN2O5S2/c1-14-5-3-8-17(11-14)25-33(29,30)23-20(22(28)31-2)18-9-10-26(13-19(18)32-23)21(27)15-6-4-7-16(24)12-15/h3-8,11-12,25H,9-10,13H2,1-2H3. The van der Waals surface area contributed by atoms with Gasteiger partial charge in [-0.15, -0.1) is 11.3 Å². The summed E-state index contributed by atoms with van der Waals surface area (Å²) < 4.78 is 47.2. The fourth-order valence-corrected chi connectivity index (χ4v) is 6.71. The molecule has 0 bridgehead atoms. The van der Waals surface area contributed by atoms with Gasteiger partial charge in [0.2, 0.25) is 0 Å². The van der Waals surface area contributed by atoms with Gasteiger partial charge in [-0.3, -0.25) is 9.52 Å². The smallest absolute Gasteiger partial charge is 0.340 e. The molecule has 1 aliphatic rings. The van der Waals surface area contributed by atoms with E-state index in [1.54, 1.807) is 18.2 Å². The third-order valence-electron chi connectivity index (χ3n) is 5.29. The molecule has 2 heterocycles. The number of nitrogens with zero attached hydrogens (tertiary/aromatic N) is 1. The minimum absolute atomic E-state index is 0.00416. The number of aryl methyl sites for hydroxylation is 1. The molecule has 2 aromatic carbocycles. The van der Waals surface area contributed by atoms with E-state index in [9.17, 15) is 22.4 Å². The molecular weight excluding hydrogens is 467 g/mol. The van der Waals surface area contributed by atoms with E-state index in [2.05, 4.69) is 4.72 Å². The van der Waals surface area contributed by atoms with Gasteiger partial charge in [0.15, 0.2) is 4.21 Å². The van der Waals surface area contributed by atoms with E-state index in [4.69, 9.17) is 4.74 Å². The Kier molecular flexibility index (Phi) is 6.22. The molecule has 0 saturated carbocycles. The van der Waals surface area contributed by atoms with Crippen LogP contribution in [0.4, 0.5) is 10.1 Å². The first kappa shape index (κ1) is 22.9. The number of thiophene rings is 1. The van der Waals surface area contributed by atoms with E-state index in [0.717, 1.165) is 23.0 Å². The number of rotatable bonds is 5. The van der Waals surface area contributed by atoms with Crippen LogP contribution in [0.3, 0.4) is 0 Å². The van der Waals surface area contributed by atoms with Gasteiger partial charge in [-0.25, -0.2) is 17.6 Å². The highest BCUT2D eigenvalue weighted by Crippen LogP contribution is 2.37. The summed E-state index contributed by atoms with van der Waals surface area (Å²) in [6, 6.07) is 12.3. The van der Waals surface area contributed by atoms with Crippen LogP contribution < -0.4 is 4.72 Å². The largest absolute Gasteiger partial charge is 0.465 e. The summed E-state index contributed by atoms with van der Waals surface area (Å²) in [5.41, 5.74) is 2.01. The summed E-state index contributed by atoms with van der Waals surface area (Å²) in [6.07, 6.45) is 0.275. The number of fused-ring (bicyclic) bond motifs is 1. The molecule has 1 aliphatic heterocycles. The Morgan fingerprint density at radius 3 is 2.61 bits per heavy atom. The zero-order chi connectivity index (χ0) is 23.8. The van der Waals surface area contributed by atoms with Gasteiger partial charge in [-0.05, 0) is 54.8 Å². The van der Waals surface area contributed by atoms with Crippen LogP contribution in [0.1, 0.15) is 36.7 Å². The molecule has 0 atom stereocenters. The molecule has 1 amide bonds. The molecule has 3 aromatic rings. The number of nitrogens with one attached hydrogen (secondary N) is 1. The van der Waals surface area contributed by atoms with Gasteiger partial charge in [0.1, 0.15) is 5.82 Å². The van der Waals surface area contributed by atoms with Crippen LogP contribution in [0.2, 0.25) is 0 Å². The maximum Gasteiger partial charge on any atom is 0.340 e. The number of ether oxygens (including phenoxy) is 1. The molecule has 4 rings (SSSR count). The number of methoxy groups -OCH3 is 1. The highest BCUT2D eigenvalue weighted by molar-refractivity contribution is 7.94. The Bertz CT molecular complexity index is 1350. The Morgan fingerprint density at radius 1 is 1.15 bits per heavy atom. The van der Waals surface area contributed by atoms with Crippen molar-refractivity contribution in [1.82, 2.24) is 4.90 Å². The number of benzene rings is 2. The molecule has 0 radical (unpaired) electrons. The maximum atomic E-state index is 13.6. The van der Waals surface area contributed by atoms with Crippen LogP contribution in [0.25, 0.3) is 0 Å². The van der Waals surface area contributed by atoms with Crippen molar-refractivity contribution in [2.45, 2.75) is 24.1 Å². The average Bonchev–Trinajstić information content (AvgIpc) is 3.17.